The van der Waals surface area contributed by atoms with Gasteiger partial charge in [-0.3, -0.25) is 9.69 Å². The Kier molecular flexibility index (Phi) is 5.87. The summed E-state index contributed by atoms with van der Waals surface area (Å²) >= 11 is 0. The van der Waals surface area contributed by atoms with Crippen molar-refractivity contribution in [3.63, 3.8) is 0 Å². The summed E-state index contributed by atoms with van der Waals surface area (Å²) in [4.78, 5) is 21.8. The van der Waals surface area contributed by atoms with Crippen LogP contribution in [0, 0.1) is 0 Å². The van der Waals surface area contributed by atoms with Crippen molar-refractivity contribution in [2.45, 2.75) is 70.8 Å². The third kappa shape index (κ3) is 3.97. The zero-order valence-electron chi connectivity index (χ0n) is 15.0. The zero-order valence-corrected chi connectivity index (χ0v) is 15.0. The van der Waals surface area contributed by atoms with Crippen LogP contribution in [0.15, 0.2) is 4.52 Å². The van der Waals surface area contributed by atoms with Gasteiger partial charge in [0.25, 0.3) is 0 Å². The molecule has 2 aliphatic rings. The number of nitrogens with zero attached hydrogens (tertiary/aromatic N) is 4. The highest BCUT2D eigenvalue weighted by atomic mass is 16.5. The minimum absolute atomic E-state index is 0.0154. The Morgan fingerprint density at radius 1 is 1.21 bits per heavy atom. The molecular weight excluding hydrogens is 304 g/mol. The summed E-state index contributed by atoms with van der Waals surface area (Å²) in [6.45, 7) is 7.76. The molecular formula is C18H30N4O2. The number of aryl methyl sites for hydroxylation is 1. The summed E-state index contributed by atoms with van der Waals surface area (Å²) in [6, 6.07) is -0.0154. The maximum atomic E-state index is 13.0. The van der Waals surface area contributed by atoms with Crippen LogP contribution in [0.25, 0.3) is 0 Å². The third-order valence-corrected chi connectivity index (χ3v) is 5.43. The number of likely N-dealkylation sites (tertiary alicyclic amines) is 2. The van der Waals surface area contributed by atoms with Gasteiger partial charge in [-0.25, -0.2) is 0 Å². The topological polar surface area (TPSA) is 62.5 Å². The largest absolute Gasteiger partial charge is 0.341 e. The molecule has 2 saturated heterocycles. The molecule has 2 atom stereocenters. The van der Waals surface area contributed by atoms with E-state index in [1.54, 1.807) is 0 Å². The number of piperidine rings is 1. The number of carbonyl (C=O) groups is 1. The van der Waals surface area contributed by atoms with Crippen LogP contribution in [0.4, 0.5) is 0 Å². The third-order valence-electron chi connectivity index (χ3n) is 5.43. The van der Waals surface area contributed by atoms with Crippen LogP contribution in [0.3, 0.4) is 0 Å². The van der Waals surface area contributed by atoms with E-state index in [4.69, 9.17) is 4.52 Å². The first-order valence-electron chi connectivity index (χ1n) is 9.54. The fourth-order valence-electron chi connectivity index (χ4n) is 3.87. The second kappa shape index (κ2) is 8.10. The van der Waals surface area contributed by atoms with Gasteiger partial charge in [0.1, 0.15) is 0 Å². The van der Waals surface area contributed by atoms with Crippen LogP contribution in [0.5, 0.6) is 0 Å². The van der Waals surface area contributed by atoms with Crippen molar-refractivity contribution < 1.29 is 9.32 Å². The van der Waals surface area contributed by atoms with Crippen LogP contribution in [0.1, 0.15) is 70.0 Å². The summed E-state index contributed by atoms with van der Waals surface area (Å²) in [5.41, 5.74) is 0. The Balaban J connectivity index is 1.61. The van der Waals surface area contributed by atoms with E-state index < -0.39 is 0 Å². The maximum absolute atomic E-state index is 13.0. The molecule has 2 aliphatic heterocycles. The fourth-order valence-corrected chi connectivity index (χ4v) is 3.87. The van der Waals surface area contributed by atoms with E-state index in [1.807, 2.05) is 11.8 Å². The predicted octanol–water partition coefficient (Wildman–Crippen LogP) is 2.60. The first kappa shape index (κ1) is 17.4. The van der Waals surface area contributed by atoms with Crippen LogP contribution < -0.4 is 0 Å². The van der Waals surface area contributed by atoms with Crippen molar-refractivity contribution in [1.82, 2.24) is 19.9 Å². The molecule has 0 aromatic carbocycles. The first-order chi connectivity index (χ1) is 11.7. The summed E-state index contributed by atoms with van der Waals surface area (Å²) in [5, 5.41) is 4.12. The summed E-state index contributed by atoms with van der Waals surface area (Å²) in [7, 11) is 0. The number of hydrogen-bond donors (Lipinski definition) is 0. The maximum Gasteiger partial charge on any atom is 0.239 e. The van der Waals surface area contributed by atoms with Crippen molar-refractivity contribution in [2.75, 3.05) is 26.2 Å². The van der Waals surface area contributed by atoms with Gasteiger partial charge in [-0.05, 0) is 45.7 Å². The Morgan fingerprint density at radius 3 is 2.62 bits per heavy atom. The van der Waals surface area contributed by atoms with Gasteiger partial charge < -0.3 is 9.42 Å². The fraction of sp³-hybridized carbons (Fsp3) is 0.833. The van der Waals surface area contributed by atoms with Crippen LogP contribution in [0.2, 0.25) is 0 Å². The molecule has 6 heteroatoms. The average molecular weight is 334 g/mol. The molecule has 0 bridgehead atoms. The lowest BCUT2D eigenvalue weighted by atomic mass is 9.96. The smallest absolute Gasteiger partial charge is 0.239 e. The molecule has 134 valence electrons. The zero-order chi connectivity index (χ0) is 16.9. The van der Waals surface area contributed by atoms with E-state index in [-0.39, 0.29) is 17.9 Å². The molecule has 2 fully saturated rings. The normalized spacial score (nSPS) is 24.6. The lowest BCUT2D eigenvalue weighted by Gasteiger charge is -2.36. The lowest BCUT2D eigenvalue weighted by Crippen LogP contribution is -2.50. The Morgan fingerprint density at radius 2 is 1.96 bits per heavy atom. The predicted molar refractivity (Wildman–Crippen MR) is 91.7 cm³/mol. The van der Waals surface area contributed by atoms with E-state index in [1.165, 1.54) is 25.7 Å². The second-order valence-electron chi connectivity index (χ2n) is 7.15. The molecule has 3 rings (SSSR count). The molecule has 1 aromatic rings. The monoisotopic (exact) mass is 334 g/mol. The van der Waals surface area contributed by atoms with Gasteiger partial charge in [-0.2, -0.15) is 4.98 Å². The Hall–Kier alpha value is -1.43. The number of amides is 1. The average Bonchev–Trinajstić information content (AvgIpc) is 2.95. The van der Waals surface area contributed by atoms with E-state index in [9.17, 15) is 4.79 Å². The van der Waals surface area contributed by atoms with Crippen LogP contribution in [-0.2, 0) is 11.2 Å². The van der Waals surface area contributed by atoms with Gasteiger partial charge in [0.15, 0.2) is 5.82 Å². The molecule has 1 amide bonds. The highest BCUT2D eigenvalue weighted by Crippen LogP contribution is 2.26. The number of carbonyl (C=O) groups excluding carboxylic acids is 1. The molecule has 0 spiro atoms. The molecule has 0 unspecified atom stereocenters. The minimum atomic E-state index is -0.0154. The summed E-state index contributed by atoms with van der Waals surface area (Å²) in [5.74, 6) is 1.93. The summed E-state index contributed by atoms with van der Waals surface area (Å²) in [6.07, 6.45) is 7.81. The van der Waals surface area contributed by atoms with Gasteiger partial charge in [0.2, 0.25) is 11.8 Å². The van der Waals surface area contributed by atoms with Gasteiger partial charge in [0.05, 0.1) is 6.04 Å². The van der Waals surface area contributed by atoms with E-state index in [2.05, 4.69) is 22.0 Å². The second-order valence-corrected chi connectivity index (χ2v) is 7.15. The molecule has 1 aromatic heterocycles. The Bertz CT molecular complexity index is 537. The Labute approximate surface area is 144 Å². The number of hydrogen-bond acceptors (Lipinski definition) is 5. The molecule has 3 heterocycles. The quantitative estimate of drug-likeness (QED) is 0.847. The highest BCUT2D eigenvalue weighted by Gasteiger charge is 2.32. The molecule has 0 N–H and O–H groups in total. The van der Waals surface area contributed by atoms with Crippen molar-refractivity contribution in [3.05, 3.63) is 11.7 Å². The SMILES string of the molecule is CCc1nc([C@@H]2CCCN(C(=O)[C@@H](C)N3CCCCCC3)C2)no1. The number of rotatable bonds is 4. The van der Waals surface area contributed by atoms with Crippen molar-refractivity contribution in [3.8, 4) is 0 Å². The van der Waals surface area contributed by atoms with E-state index >= 15 is 0 Å². The standard InChI is InChI=1S/C18H30N4O2/c1-3-16-19-17(20-24-16)15-9-8-12-22(13-15)18(23)14(2)21-10-6-4-5-7-11-21/h14-15H,3-13H2,1-2H3/t14-,15-/m1/s1. The first-order valence-corrected chi connectivity index (χ1v) is 9.54. The highest BCUT2D eigenvalue weighted by molar-refractivity contribution is 5.81. The lowest BCUT2D eigenvalue weighted by molar-refractivity contribution is -0.137. The van der Waals surface area contributed by atoms with Crippen LogP contribution in [-0.4, -0.2) is 58.1 Å². The van der Waals surface area contributed by atoms with Crippen molar-refractivity contribution >= 4 is 5.91 Å². The van der Waals surface area contributed by atoms with Gasteiger partial charge in [-0.15, -0.1) is 0 Å². The minimum Gasteiger partial charge on any atom is -0.341 e. The molecule has 24 heavy (non-hydrogen) atoms. The van der Waals surface area contributed by atoms with E-state index in [0.717, 1.165) is 51.3 Å². The summed E-state index contributed by atoms with van der Waals surface area (Å²) < 4.78 is 5.25. The van der Waals surface area contributed by atoms with Crippen LogP contribution >= 0.6 is 0 Å². The van der Waals surface area contributed by atoms with Gasteiger partial charge in [0, 0.05) is 25.4 Å². The van der Waals surface area contributed by atoms with Gasteiger partial charge >= 0.3 is 0 Å². The molecule has 6 nitrogen and oxygen atoms in total. The van der Waals surface area contributed by atoms with Gasteiger partial charge in [-0.1, -0.05) is 24.9 Å². The van der Waals surface area contributed by atoms with E-state index in [0.29, 0.717) is 5.89 Å². The van der Waals surface area contributed by atoms with Crippen molar-refractivity contribution in [1.29, 1.82) is 0 Å². The molecule has 0 radical (unpaired) electrons. The molecule has 0 aliphatic carbocycles. The van der Waals surface area contributed by atoms with Crippen molar-refractivity contribution in [2.24, 2.45) is 0 Å². The molecule has 0 saturated carbocycles. The number of aromatic nitrogens is 2.